The maximum Gasteiger partial charge on any atom is 0.410 e. The molecule has 0 bridgehead atoms. The van der Waals surface area contributed by atoms with Gasteiger partial charge in [-0.15, -0.1) is 0 Å². The van der Waals surface area contributed by atoms with E-state index in [1.54, 1.807) is 19.6 Å². The number of ether oxygens (including phenoxy) is 8. The van der Waals surface area contributed by atoms with Gasteiger partial charge < -0.3 is 57.5 Å². The van der Waals surface area contributed by atoms with Gasteiger partial charge in [-0.25, -0.2) is 19.2 Å². The molecule has 7 rings (SSSR count). The Bertz CT molecular complexity index is 2800. The third kappa shape index (κ3) is 22.0. The molecule has 0 radical (unpaired) electrons. The Morgan fingerprint density at radius 3 is 0.837 bits per heavy atom. The van der Waals surface area contributed by atoms with E-state index in [0.29, 0.717) is 50.8 Å². The van der Waals surface area contributed by atoms with Gasteiger partial charge in [0.2, 0.25) is 0 Å². The van der Waals surface area contributed by atoms with Gasteiger partial charge >= 0.3 is 24.4 Å². The van der Waals surface area contributed by atoms with Gasteiger partial charge in [0.1, 0.15) is 71.8 Å². The molecular weight excluding hydrogens is 1090 g/mol. The highest BCUT2D eigenvalue weighted by molar-refractivity contribution is 5.71. The molecule has 0 aliphatic carbocycles. The van der Waals surface area contributed by atoms with E-state index in [9.17, 15) is 19.2 Å². The fourth-order valence-corrected chi connectivity index (χ4v) is 9.67. The number of carbonyl (C=O) groups excluding carboxylic acids is 4. The van der Waals surface area contributed by atoms with Crippen molar-refractivity contribution in [2.75, 3.05) is 78.8 Å². The molecule has 466 valence electrons. The summed E-state index contributed by atoms with van der Waals surface area (Å²) in [5, 5.41) is 0. The van der Waals surface area contributed by atoms with E-state index < -0.39 is 46.8 Å². The molecule has 5 aromatic carbocycles. The summed E-state index contributed by atoms with van der Waals surface area (Å²) < 4.78 is 49.3. The monoisotopic (exact) mass is 1180 g/mol. The minimum absolute atomic E-state index is 0.168. The van der Waals surface area contributed by atoms with Crippen LogP contribution in [0.15, 0.2) is 121 Å². The molecule has 18 nitrogen and oxygen atoms in total. The number of amides is 4. The molecular formula is C68H92N6O12. The largest absolute Gasteiger partial charge is 0.490 e. The van der Waals surface area contributed by atoms with Crippen LogP contribution < -0.4 is 18.9 Å². The van der Waals surface area contributed by atoms with E-state index in [0.717, 1.165) is 44.9 Å². The maximum absolute atomic E-state index is 14.2. The average Bonchev–Trinajstić information content (AvgIpc) is 2.93. The van der Waals surface area contributed by atoms with E-state index >= 15 is 0 Å². The number of benzene rings is 5. The van der Waals surface area contributed by atoms with Gasteiger partial charge in [-0.05, 0) is 118 Å². The topological polar surface area (TPSA) is 162 Å². The molecule has 0 unspecified atom stereocenters. The van der Waals surface area contributed by atoms with Gasteiger partial charge in [0.25, 0.3) is 0 Å². The number of hydrogen-bond acceptors (Lipinski definition) is 14. The molecule has 0 atom stereocenters. The van der Waals surface area contributed by atoms with Crippen LogP contribution in [0.3, 0.4) is 0 Å². The maximum atomic E-state index is 14.2. The number of fused-ring (bicyclic) bond motifs is 4. The van der Waals surface area contributed by atoms with Crippen LogP contribution in [0.4, 0.5) is 19.2 Å². The second-order valence-electron chi connectivity index (χ2n) is 25.8. The van der Waals surface area contributed by atoms with Gasteiger partial charge in [-0.1, -0.05) is 97.1 Å². The van der Waals surface area contributed by atoms with Crippen molar-refractivity contribution < 1.29 is 57.1 Å². The van der Waals surface area contributed by atoms with Crippen molar-refractivity contribution in [1.29, 1.82) is 0 Å². The van der Waals surface area contributed by atoms with Crippen LogP contribution in [-0.2, 0) is 58.2 Å². The molecule has 86 heavy (non-hydrogen) atoms. The predicted molar refractivity (Wildman–Crippen MR) is 331 cm³/mol. The first kappa shape index (κ1) is 65.8. The summed E-state index contributed by atoms with van der Waals surface area (Å²) in [7, 11) is 0. The molecule has 0 N–H and O–H groups in total. The van der Waals surface area contributed by atoms with Crippen molar-refractivity contribution in [2.24, 2.45) is 0 Å². The number of carbonyl (C=O) groups is 4. The molecule has 2 aliphatic heterocycles. The summed E-state index contributed by atoms with van der Waals surface area (Å²) in [6.45, 7) is 27.7. The Kier molecular flexibility index (Phi) is 23.0. The smallest absolute Gasteiger partial charge is 0.410 e. The first-order valence-electron chi connectivity index (χ1n) is 30.0. The van der Waals surface area contributed by atoms with Crippen LogP contribution in [-0.4, -0.2) is 155 Å². The minimum Gasteiger partial charge on any atom is -0.490 e. The molecule has 4 amide bonds. The Hall–Kier alpha value is -7.70. The van der Waals surface area contributed by atoms with Crippen molar-refractivity contribution in [3.05, 3.63) is 155 Å². The minimum atomic E-state index is -0.770. The van der Waals surface area contributed by atoms with Crippen LogP contribution in [0, 0.1) is 0 Å². The molecule has 2 aliphatic rings. The van der Waals surface area contributed by atoms with Gasteiger partial charge in [-0.2, -0.15) is 0 Å². The van der Waals surface area contributed by atoms with Crippen molar-refractivity contribution in [3.8, 4) is 23.0 Å². The second-order valence-corrected chi connectivity index (χ2v) is 25.8. The zero-order valence-electron chi connectivity index (χ0n) is 52.9. The lowest BCUT2D eigenvalue weighted by Crippen LogP contribution is -2.46. The standard InChI is InChI=1S/C68H92N6O12/c1-65(2,3)83-61(75)71-35-33-69(47-53-21-13-17-25-57(53)79-41-43-81-59-27-19-15-23-55(59)49-73(39-37-71)63(77)85-67(7,8)9)45-51-29-31-52(32-30-51)46-70-34-36-72(62(76)84-66(4,5)6)38-40-74(64(78)86-68(10,11)12)50-56-24-16-20-28-60(56)82-44-42-80-58-26-18-14-22-54(58)48-70/h13-32H,33-50H2,1-12H3. The van der Waals surface area contributed by atoms with Crippen LogP contribution in [0.25, 0.3) is 0 Å². The number of hydrogen-bond donors (Lipinski definition) is 0. The zero-order chi connectivity index (χ0) is 62.1. The van der Waals surface area contributed by atoms with Crippen LogP contribution in [0.2, 0.25) is 0 Å². The Morgan fingerprint density at radius 1 is 0.326 bits per heavy atom. The van der Waals surface area contributed by atoms with E-state index in [1.165, 1.54) is 0 Å². The number of para-hydroxylation sites is 4. The lowest BCUT2D eigenvalue weighted by Gasteiger charge is -2.33. The Morgan fingerprint density at radius 2 is 0.558 bits per heavy atom. The first-order chi connectivity index (χ1) is 40.7. The molecule has 5 aromatic rings. The average molecular weight is 1190 g/mol. The summed E-state index contributed by atoms with van der Waals surface area (Å²) in [5.74, 6) is 2.70. The summed E-state index contributed by atoms with van der Waals surface area (Å²) >= 11 is 0. The molecule has 2 heterocycles. The highest BCUT2D eigenvalue weighted by atomic mass is 16.6. The Labute approximate surface area is 510 Å². The van der Waals surface area contributed by atoms with E-state index in [2.05, 4.69) is 46.2 Å². The van der Waals surface area contributed by atoms with E-state index in [1.807, 2.05) is 168 Å². The lowest BCUT2D eigenvalue weighted by atomic mass is 10.1. The third-order valence-electron chi connectivity index (χ3n) is 13.7. The van der Waals surface area contributed by atoms with Gasteiger partial charge in [-0.3, -0.25) is 9.80 Å². The van der Waals surface area contributed by atoms with Gasteiger partial charge in [0.15, 0.2) is 0 Å². The van der Waals surface area contributed by atoms with E-state index in [-0.39, 0.29) is 78.8 Å². The first-order valence-corrected chi connectivity index (χ1v) is 30.0. The fourth-order valence-electron chi connectivity index (χ4n) is 9.67. The molecule has 0 aromatic heterocycles. The van der Waals surface area contributed by atoms with Crippen LogP contribution >= 0.6 is 0 Å². The van der Waals surface area contributed by atoms with Gasteiger partial charge in [0, 0.05) is 101 Å². The number of rotatable bonds is 4. The van der Waals surface area contributed by atoms with Crippen molar-refractivity contribution >= 4 is 24.4 Å². The molecule has 18 heteroatoms. The molecule has 0 fully saturated rings. The summed E-state index contributed by atoms with van der Waals surface area (Å²) in [4.78, 5) is 67.4. The summed E-state index contributed by atoms with van der Waals surface area (Å²) in [6, 6.07) is 39.7. The van der Waals surface area contributed by atoms with Crippen molar-refractivity contribution in [3.63, 3.8) is 0 Å². The summed E-state index contributed by atoms with van der Waals surface area (Å²) in [5.41, 5.74) is 2.55. The third-order valence-corrected chi connectivity index (χ3v) is 13.7. The van der Waals surface area contributed by atoms with E-state index in [4.69, 9.17) is 37.9 Å². The highest BCUT2D eigenvalue weighted by Crippen LogP contribution is 2.28. The Balaban J connectivity index is 1.17. The predicted octanol–water partition coefficient (Wildman–Crippen LogP) is 12.6. The van der Waals surface area contributed by atoms with Crippen LogP contribution in [0.1, 0.15) is 116 Å². The van der Waals surface area contributed by atoms with Crippen molar-refractivity contribution in [2.45, 2.75) is 145 Å². The van der Waals surface area contributed by atoms with Gasteiger partial charge in [0.05, 0.1) is 13.1 Å². The molecule has 0 saturated heterocycles. The summed E-state index contributed by atoms with van der Waals surface area (Å²) in [6.07, 6.45) is -2.00. The molecule has 0 spiro atoms. The quantitative estimate of drug-likeness (QED) is 0.156. The lowest BCUT2D eigenvalue weighted by molar-refractivity contribution is 0.0110. The van der Waals surface area contributed by atoms with Crippen molar-refractivity contribution in [1.82, 2.24) is 29.4 Å². The SMILES string of the molecule is CC(C)(C)OC(=O)N1CCN(Cc2ccc(CN3CCN(C(=O)OC(C)(C)C)CCN(C(=O)OC(C)(C)C)Cc4ccccc4OCCOc4ccccc4C3)cc2)Cc2ccccc2OCCOc2ccccc2CN(C(=O)OC(C)(C)C)CC1. The normalized spacial score (nSPS) is 16.3. The molecule has 0 saturated carbocycles. The number of nitrogens with zero attached hydrogens (tertiary/aromatic N) is 6. The van der Waals surface area contributed by atoms with Crippen LogP contribution in [0.5, 0.6) is 23.0 Å². The second kappa shape index (κ2) is 30.1. The zero-order valence-corrected chi connectivity index (χ0v) is 52.9. The fraction of sp³-hybridized carbons (Fsp3) is 0.500. The highest BCUT2D eigenvalue weighted by Gasteiger charge is 2.30.